The smallest absolute Gasteiger partial charge is 0.253 e. The van der Waals surface area contributed by atoms with Crippen molar-refractivity contribution in [3.05, 3.63) is 36.2 Å². The summed E-state index contributed by atoms with van der Waals surface area (Å²) in [6.45, 7) is 2.04. The summed E-state index contributed by atoms with van der Waals surface area (Å²) in [4.78, 5) is 20.8. The van der Waals surface area contributed by atoms with Crippen LogP contribution in [0, 0.1) is 11.8 Å². The molecule has 2 unspecified atom stereocenters. The molecule has 1 amide bonds. The minimum atomic E-state index is -0.0366. The first-order valence-electron chi connectivity index (χ1n) is 6.56. The number of rotatable bonds is 2. The van der Waals surface area contributed by atoms with Crippen molar-refractivity contribution in [2.24, 2.45) is 11.8 Å². The SMILES string of the molecule is O=C(NC1C2CNCC21)c1cccc2nccnc12. The molecule has 2 fully saturated rings. The Morgan fingerprint density at radius 1 is 1.21 bits per heavy atom. The number of aromatic nitrogens is 2. The Balaban J connectivity index is 1.61. The summed E-state index contributed by atoms with van der Waals surface area (Å²) in [5.41, 5.74) is 2.04. The predicted molar refractivity (Wildman–Crippen MR) is 70.6 cm³/mol. The summed E-state index contributed by atoms with van der Waals surface area (Å²) < 4.78 is 0. The molecule has 96 valence electrons. The van der Waals surface area contributed by atoms with E-state index in [1.165, 1.54) is 0 Å². The van der Waals surface area contributed by atoms with Crippen molar-refractivity contribution in [3.63, 3.8) is 0 Å². The highest BCUT2D eigenvalue weighted by molar-refractivity contribution is 6.04. The summed E-state index contributed by atoms with van der Waals surface area (Å²) in [5, 5.41) is 6.44. The summed E-state index contributed by atoms with van der Waals surface area (Å²) in [6, 6.07) is 5.86. The van der Waals surface area contributed by atoms with Crippen LogP contribution in [-0.2, 0) is 0 Å². The lowest BCUT2D eigenvalue weighted by Gasteiger charge is -2.09. The molecule has 1 aromatic heterocycles. The van der Waals surface area contributed by atoms with Crippen LogP contribution in [0.2, 0.25) is 0 Å². The topological polar surface area (TPSA) is 66.9 Å². The van der Waals surface area contributed by atoms with E-state index in [1.54, 1.807) is 12.4 Å². The fourth-order valence-electron chi connectivity index (χ4n) is 3.04. The third-order valence-corrected chi connectivity index (χ3v) is 4.13. The highest BCUT2D eigenvalue weighted by atomic mass is 16.1. The number of amides is 1. The van der Waals surface area contributed by atoms with Gasteiger partial charge in [0.1, 0.15) is 5.52 Å². The van der Waals surface area contributed by atoms with Gasteiger partial charge in [0, 0.05) is 31.5 Å². The molecule has 2 aliphatic rings. The Hall–Kier alpha value is -2.01. The minimum absolute atomic E-state index is 0.0366. The molecular formula is C14H14N4O. The summed E-state index contributed by atoms with van der Waals surface area (Å²) in [7, 11) is 0. The monoisotopic (exact) mass is 254 g/mol. The summed E-state index contributed by atoms with van der Waals surface area (Å²) in [5.74, 6) is 1.19. The van der Waals surface area contributed by atoms with Crippen LogP contribution in [0.5, 0.6) is 0 Å². The first-order chi connectivity index (χ1) is 9.34. The minimum Gasteiger partial charge on any atom is -0.349 e. The molecular weight excluding hydrogens is 240 g/mol. The van der Waals surface area contributed by atoms with E-state index in [1.807, 2.05) is 18.2 Å². The van der Waals surface area contributed by atoms with Gasteiger partial charge in [-0.2, -0.15) is 0 Å². The molecule has 0 radical (unpaired) electrons. The van der Waals surface area contributed by atoms with Gasteiger partial charge in [-0.15, -0.1) is 0 Å². The maximum Gasteiger partial charge on any atom is 0.253 e. The zero-order chi connectivity index (χ0) is 12.8. The van der Waals surface area contributed by atoms with E-state index in [9.17, 15) is 4.79 Å². The van der Waals surface area contributed by atoms with E-state index < -0.39 is 0 Å². The predicted octanol–water partition coefficient (Wildman–Crippen LogP) is 0.577. The zero-order valence-corrected chi connectivity index (χ0v) is 10.3. The first-order valence-corrected chi connectivity index (χ1v) is 6.56. The van der Waals surface area contributed by atoms with Crippen molar-refractivity contribution < 1.29 is 4.79 Å². The number of piperidine rings is 1. The van der Waals surface area contributed by atoms with Crippen LogP contribution in [0.25, 0.3) is 11.0 Å². The van der Waals surface area contributed by atoms with Crippen molar-refractivity contribution in [2.75, 3.05) is 13.1 Å². The van der Waals surface area contributed by atoms with E-state index in [4.69, 9.17) is 0 Å². The number of nitrogens with zero attached hydrogens (tertiary/aromatic N) is 2. The van der Waals surface area contributed by atoms with E-state index in [-0.39, 0.29) is 5.91 Å². The highest BCUT2D eigenvalue weighted by Crippen LogP contribution is 2.41. The van der Waals surface area contributed by atoms with Crippen molar-refractivity contribution in [1.82, 2.24) is 20.6 Å². The first kappa shape index (κ1) is 10.9. The van der Waals surface area contributed by atoms with Crippen LogP contribution >= 0.6 is 0 Å². The van der Waals surface area contributed by atoms with Gasteiger partial charge in [0.2, 0.25) is 0 Å². The zero-order valence-electron chi connectivity index (χ0n) is 10.3. The molecule has 4 rings (SSSR count). The van der Waals surface area contributed by atoms with Crippen molar-refractivity contribution >= 4 is 16.9 Å². The molecule has 5 heteroatoms. The fraction of sp³-hybridized carbons (Fsp3) is 0.357. The molecule has 2 aromatic rings. The summed E-state index contributed by atoms with van der Waals surface area (Å²) >= 11 is 0. The second kappa shape index (κ2) is 3.99. The van der Waals surface area contributed by atoms with Crippen LogP contribution < -0.4 is 10.6 Å². The number of carbonyl (C=O) groups is 1. The molecule has 1 saturated heterocycles. The largest absolute Gasteiger partial charge is 0.349 e. The van der Waals surface area contributed by atoms with Gasteiger partial charge >= 0.3 is 0 Å². The number of benzene rings is 1. The number of carbonyl (C=O) groups excluding carboxylic acids is 1. The van der Waals surface area contributed by atoms with E-state index in [0.29, 0.717) is 29.0 Å². The van der Waals surface area contributed by atoms with Gasteiger partial charge in [-0.3, -0.25) is 14.8 Å². The van der Waals surface area contributed by atoms with Gasteiger partial charge in [-0.1, -0.05) is 6.07 Å². The van der Waals surface area contributed by atoms with Crippen molar-refractivity contribution in [1.29, 1.82) is 0 Å². The third kappa shape index (κ3) is 1.69. The van der Waals surface area contributed by atoms with E-state index >= 15 is 0 Å². The Bertz CT molecular complexity index is 641. The van der Waals surface area contributed by atoms with Gasteiger partial charge in [0.25, 0.3) is 5.91 Å². The molecule has 1 aromatic carbocycles. The molecule has 0 bridgehead atoms. The lowest BCUT2D eigenvalue weighted by atomic mass is 10.1. The quantitative estimate of drug-likeness (QED) is 0.822. The molecule has 2 heterocycles. The van der Waals surface area contributed by atoms with Crippen LogP contribution in [0.1, 0.15) is 10.4 Å². The Kier molecular flexibility index (Phi) is 2.29. The molecule has 2 atom stereocenters. The maximum atomic E-state index is 12.3. The maximum absolute atomic E-state index is 12.3. The van der Waals surface area contributed by atoms with Crippen LogP contribution in [-0.4, -0.2) is 35.0 Å². The number of nitrogens with one attached hydrogen (secondary N) is 2. The second-order valence-electron chi connectivity index (χ2n) is 5.21. The van der Waals surface area contributed by atoms with E-state index in [0.717, 1.165) is 18.6 Å². The third-order valence-electron chi connectivity index (χ3n) is 4.13. The Morgan fingerprint density at radius 2 is 2.00 bits per heavy atom. The second-order valence-corrected chi connectivity index (χ2v) is 5.21. The standard InChI is InChI=1S/C14H14N4O/c19-14(18-12-9-6-15-7-10(9)12)8-2-1-3-11-13(8)17-5-4-16-11/h1-5,9-10,12,15H,6-7H2,(H,18,19). The number of hydrogen-bond donors (Lipinski definition) is 2. The Morgan fingerprint density at radius 3 is 2.84 bits per heavy atom. The molecule has 1 aliphatic carbocycles. The molecule has 1 aliphatic heterocycles. The molecule has 0 spiro atoms. The summed E-state index contributed by atoms with van der Waals surface area (Å²) in [6.07, 6.45) is 3.26. The fourth-order valence-corrected chi connectivity index (χ4v) is 3.04. The number of para-hydroxylation sites is 1. The average molecular weight is 254 g/mol. The van der Waals surface area contributed by atoms with Gasteiger partial charge in [0.05, 0.1) is 11.1 Å². The average Bonchev–Trinajstić information content (AvgIpc) is 2.88. The molecule has 5 nitrogen and oxygen atoms in total. The van der Waals surface area contributed by atoms with Crippen LogP contribution in [0.4, 0.5) is 0 Å². The van der Waals surface area contributed by atoms with Crippen molar-refractivity contribution in [2.45, 2.75) is 6.04 Å². The van der Waals surface area contributed by atoms with Crippen LogP contribution in [0.3, 0.4) is 0 Å². The van der Waals surface area contributed by atoms with Crippen LogP contribution in [0.15, 0.2) is 30.6 Å². The normalized spacial score (nSPS) is 28.1. The van der Waals surface area contributed by atoms with Gasteiger partial charge in [0.15, 0.2) is 0 Å². The number of hydrogen-bond acceptors (Lipinski definition) is 4. The van der Waals surface area contributed by atoms with Gasteiger partial charge in [-0.05, 0) is 24.0 Å². The van der Waals surface area contributed by atoms with Gasteiger partial charge in [-0.25, -0.2) is 0 Å². The molecule has 1 saturated carbocycles. The lowest BCUT2D eigenvalue weighted by Crippen LogP contribution is -2.32. The lowest BCUT2D eigenvalue weighted by molar-refractivity contribution is 0.0948. The van der Waals surface area contributed by atoms with E-state index in [2.05, 4.69) is 20.6 Å². The van der Waals surface area contributed by atoms with Crippen molar-refractivity contribution in [3.8, 4) is 0 Å². The Labute approximate surface area is 110 Å². The van der Waals surface area contributed by atoms with Gasteiger partial charge < -0.3 is 10.6 Å². The highest BCUT2D eigenvalue weighted by Gasteiger charge is 2.53. The number of fused-ring (bicyclic) bond motifs is 2. The molecule has 19 heavy (non-hydrogen) atoms. The molecule has 2 N–H and O–H groups in total.